The lowest BCUT2D eigenvalue weighted by Crippen LogP contribution is -2.10. The van der Waals surface area contributed by atoms with Gasteiger partial charge in [-0.3, -0.25) is 0 Å². The molecule has 130 valence electrons. The summed E-state index contributed by atoms with van der Waals surface area (Å²) in [5.74, 6) is 0.803. The Balaban J connectivity index is 1.72. The van der Waals surface area contributed by atoms with Gasteiger partial charge in [0.05, 0.1) is 12.7 Å². The van der Waals surface area contributed by atoms with E-state index in [1.54, 1.807) is 18.2 Å². The molecule has 0 N–H and O–H groups in total. The Morgan fingerprint density at radius 1 is 1.12 bits per heavy atom. The lowest BCUT2D eigenvalue weighted by atomic mass is 9.87. The Morgan fingerprint density at radius 2 is 1.84 bits per heavy atom. The molecule has 25 heavy (non-hydrogen) atoms. The highest BCUT2D eigenvalue weighted by atomic mass is 16.5. The number of carbonyl (C=O) groups excluding carboxylic acids is 1. The molecule has 0 aliphatic rings. The van der Waals surface area contributed by atoms with Crippen LogP contribution < -0.4 is 4.74 Å². The molecular weight excluding hydrogens is 318 g/mol. The first-order chi connectivity index (χ1) is 11.9. The molecule has 2 aromatic carbocycles. The molecule has 0 bridgehead atoms. The zero-order chi connectivity index (χ0) is 18.0. The summed E-state index contributed by atoms with van der Waals surface area (Å²) in [5, 5.41) is 0. The van der Waals surface area contributed by atoms with E-state index in [-0.39, 0.29) is 12.0 Å². The first kappa shape index (κ1) is 17.0. The normalized spacial score (nSPS) is 11.5. The predicted molar refractivity (Wildman–Crippen MR) is 94.8 cm³/mol. The maximum Gasteiger partial charge on any atom is 0.337 e. The Labute approximate surface area is 146 Å². The van der Waals surface area contributed by atoms with E-state index >= 15 is 0 Å². The van der Waals surface area contributed by atoms with Gasteiger partial charge in [-0.1, -0.05) is 32.9 Å². The number of methoxy groups -OCH3 is 1. The molecule has 3 rings (SSSR count). The molecule has 0 aliphatic carbocycles. The van der Waals surface area contributed by atoms with Gasteiger partial charge in [0.1, 0.15) is 11.3 Å². The molecule has 0 saturated carbocycles. The first-order valence-corrected chi connectivity index (χ1v) is 8.08. The lowest BCUT2D eigenvalue weighted by molar-refractivity contribution is 0.0600. The van der Waals surface area contributed by atoms with Crippen LogP contribution in [0.4, 0.5) is 0 Å². The molecule has 0 spiro atoms. The van der Waals surface area contributed by atoms with Gasteiger partial charge in [-0.05, 0) is 41.3 Å². The van der Waals surface area contributed by atoms with Crippen molar-refractivity contribution in [3.63, 3.8) is 0 Å². The lowest BCUT2D eigenvalue weighted by Gasteiger charge is -2.19. The molecule has 0 unspecified atom stereocenters. The molecule has 0 fully saturated rings. The van der Waals surface area contributed by atoms with E-state index in [1.165, 1.54) is 12.7 Å². The first-order valence-electron chi connectivity index (χ1n) is 8.08. The molecule has 0 aliphatic heterocycles. The number of aromatic nitrogens is 1. The van der Waals surface area contributed by atoms with E-state index in [9.17, 15) is 4.79 Å². The highest BCUT2D eigenvalue weighted by molar-refractivity contribution is 5.93. The second-order valence-corrected chi connectivity index (χ2v) is 6.84. The highest BCUT2D eigenvalue weighted by Gasteiger charge is 2.14. The number of ether oxygens (including phenoxy) is 2. The number of esters is 1. The van der Waals surface area contributed by atoms with Crippen LogP contribution >= 0.6 is 0 Å². The highest BCUT2D eigenvalue weighted by Crippen LogP contribution is 2.25. The smallest absolute Gasteiger partial charge is 0.337 e. The minimum absolute atomic E-state index is 0.107. The molecule has 5 heteroatoms. The Bertz CT molecular complexity index is 888. The summed E-state index contributed by atoms with van der Waals surface area (Å²) in [6.07, 6.45) is 0. The van der Waals surface area contributed by atoms with E-state index < -0.39 is 5.97 Å². The summed E-state index contributed by atoms with van der Waals surface area (Å²) in [5.41, 5.74) is 2.99. The molecule has 0 saturated heterocycles. The summed E-state index contributed by atoms with van der Waals surface area (Å²) in [7, 11) is 1.34. The van der Waals surface area contributed by atoms with Crippen LogP contribution in [0.3, 0.4) is 0 Å². The average Bonchev–Trinajstić information content (AvgIpc) is 3.00. The topological polar surface area (TPSA) is 61.6 Å². The second kappa shape index (κ2) is 6.59. The summed E-state index contributed by atoms with van der Waals surface area (Å²) in [6.45, 7) is 6.73. The third-order valence-electron chi connectivity index (χ3n) is 3.94. The fraction of sp³-hybridized carbons (Fsp3) is 0.300. The SMILES string of the molecule is COC(=O)c1ccc2nc(COc3ccc(C(C)(C)C)cc3)oc2c1. The van der Waals surface area contributed by atoms with Gasteiger partial charge in [-0.15, -0.1) is 0 Å². The number of fused-ring (bicyclic) bond motifs is 1. The Hall–Kier alpha value is -2.82. The molecular formula is C20H21NO4. The number of nitrogens with zero attached hydrogens (tertiary/aromatic N) is 1. The Kier molecular flexibility index (Phi) is 4.49. The number of carbonyl (C=O) groups is 1. The molecule has 5 nitrogen and oxygen atoms in total. The molecule has 0 amide bonds. The van der Waals surface area contributed by atoms with Crippen molar-refractivity contribution in [2.45, 2.75) is 32.8 Å². The maximum atomic E-state index is 11.6. The average molecular weight is 339 g/mol. The summed E-state index contributed by atoms with van der Waals surface area (Å²) in [6, 6.07) is 13.0. The third-order valence-corrected chi connectivity index (χ3v) is 3.94. The van der Waals surface area contributed by atoms with Crippen molar-refractivity contribution >= 4 is 17.1 Å². The fourth-order valence-electron chi connectivity index (χ4n) is 2.48. The minimum atomic E-state index is -0.407. The standard InChI is InChI=1S/C20H21NO4/c1-20(2,3)14-6-8-15(9-7-14)24-12-18-21-16-10-5-13(19(22)23-4)11-17(16)25-18/h5-11H,12H2,1-4H3. The van der Waals surface area contributed by atoms with Crippen molar-refractivity contribution in [3.05, 3.63) is 59.5 Å². The van der Waals surface area contributed by atoms with Gasteiger partial charge in [0.25, 0.3) is 0 Å². The zero-order valence-electron chi connectivity index (χ0n) is 14.8. The summed E-state index contributed by atoms with van der Waals surface area (Å²) >= 11 is 0. The van der Waals surface area contributed by atoms with Crippen LogP contribution in [0.5, 0.6) is 5.75 Å². The maximum absolute atomic E-state index is 11.6. The van der Waals surface area contributed by atoms with Gasteiger partial charge in [-0.25, -0.2) is 9.78 Å². The van der Waals surface area contributed by atoms with E-state index in [0.717, 1.165) is 5.75 Å². The number of rotatable bonds is 4. The minimum Gasteiger partial charge on any atom is -0.484 e. The van der Waals surface area contributed by atoms with Crippen molar-refractivity contribution in [1.29, 1.82) is 0 Å². The van der Waals surface area contributed by atoms with E-state index in [1.807, 2.05) is 12.1 Å². The van der Waals surface area contributed by atoms with Gasteiger partial charge < -0.3 is 13.9 Å². The van der Waals surface area contributed by atoms with Crippen LogP contribution in [0, 0.1) is 0 Å². The van der Waals surface area contributed by atoms with Crippen molar-refractivity contribution in [3.8, 4) is 5.75 Å². The molecule has 1 heterocycles. The second-order valence-electron chi connectivity index (χ2n) is 6.84. The number of hydrogen-bond acceptors (Lipinski definition) is 5. The van der Waals surface area contributed by atoms with Crippen molar-refractivity contribution < 1.29 is 18.7 Å². The molecule has 3 aromatic rings. The number of benzene rings is 2. The fourth-order valence-corrected chi connectivity index (χ4v) is 2.48. The van der Waals surface area contributed by atoms with Gasteiger partial charge in [0, 0.05) is 0 Å². The molecule has 0 radical (unpaired) electrons. The van der Waals surface area contributed by atoms with Crippen LogP contribution in [-0.2, 0) is 16.8 Å². The zero-order valence-corrected chi connectivity index (χ0v) is 14.8. The predicted octanol–water partition coefficient (Wildman–Crippen LogP) is 4.49. The molecule has 0 atom stereocenters. The molecule has 1 aromatic heterocycles. The van der Waals surface area contributed by atoms with Crippen LogP contribution in [0.2, 0.25) is 0 Å². The van der Waals surface area contributed by atoms with Gasteiger partial charge in [0.2, 0.25) is 5.89 Å². The summed E-state index contributed by atoms with van der Waals surface area (Å²) in [4.78, 5) is 15.9. The van der Waals surface area contributed by atoms with E-state index in [4.69, 9.17) is 13.9 Å². The quantitative estimate of drug-likeness (QED) is 0.655. The van der Waals surface area contributed by atoms with Crippen LogP contribution in [0.25, 0.3) is 11.1 Å². The van der Waals surface area contributed by atoms with Crippen LogP contribution in [0.15, 0.2) is 46.9 Å². The largest absolute Gasteiger partial charge is 0.484 e. The van der Waals surface area contributed by atoms with Gasteiger partial charge >= 0.3 is 5.97 Å². The number of hydrogen-bond donors (Lipinski definition) is 0. The van der Waals surface area contributed by atoms with Crippen molar-refractivity contribution in [2.75, 3.05) is 7.11 Å². The van der Waals surface area contributed by atoms with Gasteiger partial charge in [0.15, 0.2) is 12.2 Å². The number of oxazole rings is 1. The van der Waals surface area contributed by atoms with Crippen LogP contribution in [-0.4, -0.2) is 18.1 Å². The van der Waals surface area contributed by atoms with E-state index in [0.29, 0.717) is 22.6 Å². The monoisotopic (exact) mass is 339 g/mol. The van der Waals surface area contributed by atoms with Crippen molar-refractivity contribution in [1.82, 2.24) is 4.98 Å². The third kappa shape index (κ3) is 3.82. The van der Waals surface area contributed by atoms with Gasteiger partial charge in [-0.2, -0.15) is 0 Å². The van der Waals surface area contributed by atoms with Crippen LogP contribution in [0.1, 0.15) is 42.6 Å². The summed E-state index contributed by atoms with van der Waals surface area (Å²) < 4.78 is 16.1. The van der Waals surface area contributed by atoms with E-state index in [2.05, 4.69) is 37.9 Å². The van der Waals surface area contributed by atoms with Crippen molar-refractivity contribution in [2.24, 2.45) is 0 Å². The Morgan fingerprint density at radius 3 is 2.48 bits per heavy atom.